The number of hydrogen-bond donors (Lipinski definition) is 2. The molecule has 0 fully saturated rings. The fourth-order valence-corrected chi connectivity index (χ4v) is 4.43. The fourth-order valence-electron chi connectivity index (χ4n) is 4.43. The maximum atomic E-state index is 12.9. The molecule has 172 valence electrons. The Hall–Kier alpha value is -3.36. The van der Waals surface area contributed by atoms with Crippen molar-refractivity contribution < 1.29 is 29.4 Å². The van der Waals surface area contributed by atoms with E-state index in [0.29, 0.717) is 11.1 Å². The first kappa shape index (κ1) is 22.8. The quantitative estimate of drug-likeness (QED) is 0.650. The van der Waals surface area contributed by atoms with Crippen LogP contribution in [0.3, 0.4) is 0 Å². The zero-order chi connectivity index (χ0) is 24.2. The van der Waals surface area contributed by atoms with Gasteiger partial charge in [-0.05, 0) is 49.2 Å². The lowest BCUT2D eigenvalue weighted by molar-refractivity contribution is 0.0524. The van der Waals surface area contributed by atoms with Gasteiger partial charge < -0.3 is 10.2 Å². The summed E-state index contributed by atoms with van der Waals surface area (Å²) < 4.78 is 0. The van der Waals surface area contributed by atoms with Crippen LogP contribution in [-0.2, 0) is 5.41 Å². The minimum atomic E-state index is -0.650. The van der Waals surface area contributed by atoms with E-state index in [2.05, 4.69) is 0 Å². The van der Waals surface area contributed by atoms with E-state index < -0.39 is 41.1 Å². The van der Waals surface area contributed by atoms with Gasteiger partial charge in [0.25, 0.3) is 23.6 Å². The van der Waals surface area contributed by atoms with Crippen molar-refractivity contribution in [2.24, 2.45) is 0 Å². The van der Waals surface area contributed by atoms with Crippen molar-refractivity contribution in [3.8, 4) is 0 Å². The molecule has 8 nitrogen and oxygen atoms in total. The molecule has 4 rings (SSSR count). The molecule has 0 bridgehead atoms. The van der Waals surface area contributed by atoms with Gasteiger partial charge in [-0.2, -0.15) is 0 Å². The van der Waals surface area contributed by atoms with Gasteiger partial charge in [-0.3, -0.25) is 29.0 Å². The number of hydrogen-bond acceptors (Lipinski definition) is 6. The molecule has 2 aliphatic heterocycles. The predicted octanol–water partition coefficient (Wildman–Crippen LogP) is 1.97. The van der Waals surface area contributed by atoms with Gasteiger partial charge >= 0.3 is 0 Å². The summed E-state index contributed by atoms with van der Waals surface area (Å²) >= 11 is 0. The summed E-state index contributed by atoms with van der Waals surface area (Å²) in [6, 6.07) is 8.89. The van der Waals surface area contributed by atoms with Crippen LogP contribution in [0.4, 0.5) is 0 Å². The van der Waals surface area contributed by atoms with Gasteiger partial charge in [-0.1, -0.05) is 26.0 Å². The summed E-state index contributed by atoms with van der Waals surface area (Å²) in [5.74, 6) is -1.75. The average molecular weight is 450 g/mol. The van der Waals surface area contributed by atoms with Crippen LogP contribution in [0.25, 0.3) is 0 Å². The first-order chi connectivity index (χ1) is 15.5. The molecule has 2 aromatic carbocycles. The van der Waals surface area contributed by atoms with Crippen LogP contribution in [0.1, 0.15) is 80.3 Å². The first-order valence-corrected chi connectivity index (χ1v) is 10.8. The maximum Gasteiger partial charge on any atom is 0.261 e. The molecule has 2 atom stereocenters. The van der Waals surface area contributed by atoms with Crippen molar-refractivity contribution in [2.45, 2.75) is 45.2 Å². The molecule has 0 radical (unpaired) electrons. The molecule has 0 saturated carbocycles. The van der Waals surface area contributed by atoms with Crippen LogP contribution >= 0.6 is 0 Å². The van der Waals surface area contributed by atoms with Crippen LogP contribution in [0, 0.1) is 0 Å². The monoisotopic (exact) mass is 450 g/mol. The predicted molar refractivity (Wildman–Crippen MR) is 119 cm³/mol. The Labute approximate surface area is 191 Å². The van der Waals surface area contributed by atoms with E-state index in [1.807, 2.05) is 13.8 Å². The summed E-state index contributed by atoms with van der Waals surface area (Å²) in [6.07, 6.45) is 0. The molecule has 8 heteroatoms. The lowest BCUT2D eigenvalue weighted by atomic mass is 9.76. The second-order valence-electron chi connectivity index (χ2n) is 9.17. The minimum Gasteiger partial charge on any atom is -0.394 e. The summed E-state index contributed by atoms with van der Waals surface area (Å²) in [5.41, 5.74) is 2.02. The van der Waals surface area contributed by atoms with Crippen molar-refractivity contribution in [3.63, 3.8) is 0 Å². The number of rotatable bonds is 6. The molecule has 2 unspecified atom stereocenters. The SMILES string of the molecule is CC(CO)N1C(=O)c2ccc(C(C)(C)c3ccc4c(c3)C(=O)N(C(C)CO)C4=O)cc2C1=O. The highest BCUT2D eigenvalue weighted by atomic mass is 16.3. The summed E-state index contributed by atoms with van der Waals surface area (Å²) in [5, 5.41) is 18.8. The third-order valence-electron chi connectivity index (χ3n) is 6.69. The summed E-state index contributed by atoms with van der Waals surface area (Å²) in [4.78, 5) is 53.2. The largest absolute Gasteiger partial charge is 0.394 e. The van der Waals surface area contributed by atoms with Gasteiger partial charge in [-0.15, -0.1) is 0 Å². The van der Waals surface area contributed by atoms with E-state index in [0.717, 1.165) is 20.9 Å². The highest BCUT2D eigenvalue weighted by molar-refractivity contribution is 6.22. The third kappa shape index (κ3) is 3.29. The number of carbonyl (C=O) groups is 4. The number of imide groups is 2. The van der Waals surface area contributed by atoms with Gasteiger partial charge in [0.05, 0.1) is 47.6 Å². The standard InChI is InChI=1S/C25H26N2O6/c1-13(11-28)26-21(30)17-7-5-15(9-19(17)23(26)32)25(3,4)16-6-8-18-20(10-16)24(33)27(22(18)31)14(2)12-29/h5-10,13-14,28-29H,11-12H2,1-4H3. The van der Waals surface area contributed by atoms with Gasteiger partial charge in [0.2, 0.25) is 0 Å². The Morgan fingerprint density at radius 1 is 0.667 bits per heavy atom. The zero-order valence-electron chi connectivity index (χ0n) is 19.0. The summed E-state index contributed by atoms with van der Waals surface area (Å²) in [7, 11) is 0. The Balaban J connectivity index is 1.73. The number of aliphatic hydroxyl groups excluding tert-OH is 2. The minimum absolute atomic E-state index is 0.279. The van der Waals surface area contributed by atoms with Gasteiger partial charge in [-0.25, -0.2) is 0 Å². The Morgan fingerprint density at radius 3 is 1.33 bits per heavy atom. The van der Waals surface area contributed by atoms with Crippen LogP contribution in [-0.4, -0.2) is 68.9 Å². The fraction of sp³-hybridized carbons (Fsp3) is 0.360. The Bertz CT molecular complexity index is 1110. The smallest absolute Gasteiger partial charge is 0.261 e. The molecule has 4 amide bonds. The van der Waals surface area contributed by atoms with E-state index >= 15 is 0 Å². The molecular weight excluding hydrogens is 424 g/mol. The number of aliphatic hydroxyl groups is 2. The third-order valence-corrected chi connectivity index (χ3v) is 6.69. The highest BCUT2D eigenvalue weighted by Gasteiger charge is 2.41. The van der Waals surface area contributed by atoms with Gasteiger partial charge in [0.1, 0.15) is 0 Å². The van der Waals surface area contributed by atoms with E-state index in [4.69, 9.17) is 0 Å². The second-order valence-corrected chi connectivity index (χ2v) is 9.17. The molecule has 2 aromatic rings. The van der Waals surface area contributed by atoms with Crippen molar-refractivity contribution >= 4 is 23.6 Å². The molecule has 2 aliphatic rings. The summed E-state index contributed by atoms with van der Waals surface area (Å²) in [6.45, 7) is 6.43. The molecule has 2 N–H and O–H groups in total. The van der Waals surface area contributed by atoms with Crippen molar-refractivity contribution in [3.05, 3.63) is 69.8 Å². The first-order valence-electron chi connectivity index (χ1n) is 10.8. The number of carbonyl (C=O) groups excluding carboxylic acids is 4. The van der Waals surface area contributed by atoms with Gasteiger partial charge in [0.15, 0.2) is 0 Å². The van der Waals surface area contributed by atoms with Crippen molar-refractivity contribution in [1.82, 2.24) is 9.80 Å². The molecule has 0 spiro atoms. The molecule has 0 aromatic heterocycles. The zero-order valence-corrected chi connectivity index (χ0v) is 19.0. The Morgan fingerprint density at radius 2 is 1.00 bits per heavy atom. The highest BCUT2D eigenvalue weighted by Crippen LogP contribution is 2.37. The number of benzene rings is 2. The second kappa shape index (κ2) is 7.90. The van der Waals surface area contributed by atoms with E-state index in [9.17, 15) is 29.4 Å². The molecular formula is C25H26N2O6. The van der Waals surface area contributed by atoms with Crippen molar-refractivity contribution in [1.29, 1.82) is 0 Å². The molecule has 2 heterocycles. The van der Waals surface area contributed by atoms with E-state index in [1.54, 1.807) is 50.2 Å². The normalized spacial score (nSPS) is 17.5. The number of amides is 4. The maximum absolute atomic E-state index is 12.9. The number of nitrogens with zero attached hydrogens (tertiary/aromatic N) is 2. The van der Waals surface area contributed by atoms with Gasteiger partial charge in [0, 0.05) is 5.41 Å². The van der Waals surface area contributed by atoms with Crippen molar-refractivity contribution in [2.75, 3.05) is 13.2 Å². The lowest BCUT2D eigenvalue weighted by Crippen LogP contribution is -2.40. The number of fused-ring (bicyclic) bond motifs is 2. The Kier molecular flexibility index (Phi) is 5.46. The van der Waals surface area contributed by atoms with E-state index in [-0.39, 0.29) is 24.3 Å². The van der Waals surface area contributed by atoms with Crippen LogP contribution in [0.15, 0.2) is 36.4 Å². The average Bonchev–Trinajstić information content (AvgIpc) is 3.21. The van der Waals surface area contributed by atoms with E-state index in [1.165, 1.54) is 0 Å². The lowest BCUT2D eigenvalue weighted by Gasteiger charge is -2.27. The topological polar surface area (TPSA) is 115 Å². The molecule has 0 saturated heterocycles. The molecule has 0 aliphatic carbocycles. The van der Waals surface area contributed by atoms with Crippen LogP contribution in [0.5, 0.6) is 0 Å². The van der Waals surface area contributed by atoms with Crippen LogP contribution in [0.2, 0.25) is 0 Å². The molecule has 33 heavy (non-hydrogen) atoms. The van der Waals surface area contributed by atoms with Crippen LogP contribution < -0.4 is 0 Å².